The molecule has 5 heteroatoms. The summed E-state index contributed by atoms with van der Waals surface area (Å²) in [6.45, 7) is 5.04. The van der Waals surface area contributed by atoms with Crippen LogP contribution in [0.4, 0.5) is 4.39 Å². The van der Waals surface area contributed by atoms with Crippen LogP contribution < -0.4 is 5.32 Å². The molecule has 2 rings (SSSR count). The van der Waals surface area contributed by atoms with Crippen molar-refractivity contribution in [1.82, 2.24) is 10.2 Å². The minimum atomic E-state index is -0.682. The fourth-order valence-electron chi connectivity index (χ4n) is 2.17. The van der Waals surface area contributed by atoms with Crippen molar-refractivity contribution in [2.75, 3.05) is 13.1 Å². The van der Waals surface area contributed by atoms with Crippen LogP contribution in [0.25, 0.3) is 0 Å². The molecule has 1 aliphatic heterocycles. The van der Waals surface area contributed by atoms with Crippen LogP contribution >= 0.6 is 0 Å². The Morgan fingerprint density at radius 3 is 2.89 bits per heavy atom. The smallest absolute Gasteiger partial charge is 0.260 e. The Bertz CT molecular complexity index is 444. The molecule has 18 heavy (non-hydrogen) atoms. The van der Waals surface area contributed by atoms with Gasteiger partial charge in [0, 0.05) is 25.2 Å². The maximum Gasteiger partial charge on any atom is 0.260 e. The average Bonchev–Trinajstić information content (AvgIpc) is 2.32. The van der Waals surface area contributed by atoms with E-state index in [-0.39, 0.29) is 23.4 Å². The van der Waals surface area contributed by atoms with Crippen LogP contribution in [0.15, 0.2) is 18.2 Å². The first-order valence-corrected chi connectivity index (χ1v) is 6.02. The largest absolute Gasteiger partial charge is 0.507 e. The van der Waals surface area contributed by atoms with Crippen LogP contribution in [0.5, 0.6) is 5.75 Å². The Morgan fingerprint density at radius 1 is 1.50 bits per heavy atom. The van der Waals surface area contributed by atoms with Gasteiger partial charge >= 0.3 is 0 Å². The first kappa shape index (κ1) is 12.8. The summed E-state index contributed by atoms with van der Waals surface area (Å²) < 4.78 is 13.7. The number of hydrogen-bond donors (Lipinski definition) is 2. The third kappa shape index (κ3) is 2.31. The molecule has 2 atom stereocenters. The number of nitrogens with one attached hydrogen (secondary N) is 1. The molecule has 0 aromatic heterocycles. The van der Waals surface area contributed by atoms with Gasteiger partial charge in [-0.1, -0.05) is 6.07 Å². The van der Waals surface area contributed by atoms with Gasteiger partial charge in [0.05, 0.1) is 0 Å². The van der Waals surface area contributed by atoms with E-state index in [0.29, 0.717) is 13.1 Å². The van der Waals surface area contributed by atoms with Crippen molar-refractivity contribution in [1.29, 1.82) is 0 Å². The molecular weight excluding hydrogens is 235 g/mol. The van der Waals surface area contributed by atoms with Crippen molar-refractivity contribution in [3.05, 3.63) is 29.6 Å². The molecule has 98 valence electrons. The van der Waals surface area contributed by atoms with E-state index in [1.165, 1.54) is 18.2 Å². The second-order valence-corrected chi connectivity index (χ2v) is 4.75. The van der Waals surface area contributed by atoms with Crippen LogP contribution in [0.1, 0.15) is 24.2 Å². The van der Waals surface area contributed by atoms with Gasteiger partial charge in [0.15, 0.2) is 0 Å². The lowest BCUT2D eigenvalue weighted by molar-refractivity contribution is 0.0608. The highest BCUT2D eigenvalue weighted by atomic mass is 19.1. The van der Waals surface area contributed by atoms with Crippen molar-refractivity contribution < 1.29 is 14.3 Å². The average molecular weight is 252 g/mol. The van der Waals surface area contributed by atoms with Crippen molar-refractivity contribution in [3.8, 4) is 5.75 Å². The van der Waals surface area contributed by atoms with Crippen molar-refractivity contribution in [2.24, 2.45) is 0 Å². The van der Waals surface area contributed by atoms with Crippen molar-refractivity contribution >= 4 is 5.91 Å². The number of carbonyl (C=O) groups excluding carboxylic acids is 1. The quantitative estimate of drug-likeness (QED) is 0.793. The van der Waals surface area contributed by atoms with E-state index >= 15 is 0 Å². The number of nitrogens with zero attached hydrogens (tertiary/aromatic N) is 1. The van der Waals surface area contributed by atoms with E-state index in [4.69, 9.17) is 0 Å². The number of amides is 1. The Morgan fingerprint density at radius 2 is 2.22 bits per heavy atom. The minimum Gasteiger partial charge on any atom is -0.507 e. The Balaban J connectivity index is 2.30. The van der Waals surface area contributed by atoms with Gasteiger partial charge in [-0.15, -0.1) is 0 Å². The molecule has 0 aliphatic carbocycles. The van der Waals surface area contributed by atoms with E-state index in [2.05, 4.69) is 5.32 Å². The third-order valence-electron chi connectivity index (χ3n) is 3.23. The molecule has 0 spiro atoms. The molecular formula is C13H17FN2O2. The first-order chi connectivity index (χ1) is 8.50. The lowest BCUT2D eigenvalue weighted by Crippen LogP contribution is -2.56. The second-order valence-electron chi connectivity index (χ2n) is 4.75. The van der Waals surface area contributed by atoms with Gasteiger partial charge < -0.3 is 15.3 Å². The number of piperazine rings is 1. The monoisotopic (exact) mass is 252 g/mol. The van der Waals surface area contributed by atoms with Crippen molar-refractivity contribution in [3.63, 3.8) is 0 Å². The number of phenols is 1. The fourth-order valence-corrected chi connectivity index (χ4v) is 2.17. The van der Waals surface area contributed by atoms with Gasteiger partial charge in [0.2, 0.25) is 0 Å². The normalized spacial score (nSPS) is 24.1. The van der Waals surface area contributed by atoms with Crippen LogP contribution in [-0.2, 0) is 0 Å². The zero-order chi connectivity index (χ0) is 13.3. The highest BCUT2D eigenvalue weighted by Gasteiger charge is 2.30. The van der Waals surface area contributed by atoms with Gasteiger partial charge in [-0.2, -0.15) is 0 Å². The Labute approximate surface area is 105 Å². The third-order valence-corrected chi connectivity index (χ3v) is 3.23. The molecule has 4 nitrogen and oxygen atoms in total. The summed E-state index contributed by atoms with van der Waals surface area (Å²) in [6, 6.07) is 4.04. The van der Waals surface area contributed by atoms with E-state index in [1.54, 1.807) is 4.90 Å². The SMILES string of the molecule is CC1CN(C(=O)c2c(O)cccc2F)C(C)CN1. The minimum absolute atomic E-state index is 0.0206. The van der Waals surface area contributed by atoms with Crippen LogP contribution in [-0.4, -0.2) is 41.1 Å². The molecule has 1 fully saturated rings. The molecule has 1 aromatic carbocycles. The molecule has 1 aromatic rings. The molecule has 1 aliphatic rings. The summed E-state index contributed by atoms with van der Waals surface area (Å²) in [5.41, 5.74) is -0.238. The topological polar surface area (TPSA) is 52.6 Å². The van der Waals surface area contributed by atoms with E-state index < -0.39 is 11.7 Å². The highest BCUT2D eigenvalue weighted by Crippen LogP contribution is 2.23. The second kappa shape index (κ2) is 4.94. The lowest BCUT2D eigenvalue weighted by atomic mass is 10.1. The summed E-state index contributed by atoms with van der Waals surface area (Å²) in [4.78, 5) is 13.9. The standard InChI is InChI=1S/C13H17FN2O2/c1-8-7-16(9(2)6-15-8)13(18)12-10(14)4-3-5-11(12)17/h3-5,8-9,15,17H,6-7H2,1-2H3. The number of carbonyl (C=O) groups is 1. The lowest BCUT2D eigenvalue weighted by Gasteiger charge is -2.37. The zero-order valence-electron chi connectivity index (χ0n) is 10.5. The van der Waals surface area contributed by atoms with Crippen LogP contribution in [0.3, 0.4) is 0 Å². The molecule has 0 saturated carbocycles. The molecule has 1 saturated heterocycles. The van der Waals surface area contributed by atoms with Gasteiger partial charge in [-0.25, -0.2) is 4.39 Å². The summed E-state index contributed by atoms with van der Waals surface area (Å²) in [6.07, 6.45) is 0. The number of halogens is 1. The fraction of sp³-hybridized carbons (Fsp3) is 0.462. The molecule has 1 amide bonds. The molecule has 0 bridgehead atoms. The number of hydrogen-bond acceptors (Lipinski definition) is 3. The van der Waals surface area contributed by atoms with Crippen LogP contribution in [0.2, 0.25) is 0 Å². The first-order valence-electron chi connectivity index (χ1n) is 6.02. The summed E-state index contributed by atoms with van der Waals surface area (Å²) in [7, 11) is 0. The van der Waals surface area contributed by atoms with Gasteiger partial charge in [-0.05, 0) is 26.0 Å². The number of benzene rings is 1. The predicted octanol–water partition coefficient (Wildman–Crippen LogP) is 1.35. The summed E-state index contributed by atoms with van der Waals surface area (Å²) in [5, 5.41) is 12.9. The Hall–Kier alpha value is -1.62. The van der Waals surface area contributed by atoms with Gasteiger partial charge in [0.1, 0.15) is 17.1 Å². The molecule has 0 radical (unpaired) electrons. The number of aromatic hydroxyl groups is 1. The maximum absolute atomic E-state index is 13.7. The van der Waals surface area contributed by atoms with Crippen molar-refractivity contribution in [2.45, 2.75) is 25.9 Å². The number of phenolic OH excluding ortho intramolecular Hbond substituents is 1. The zero-order valence-corrected chi connectivity index (χ0v) is 10.5. The Kier molecular flexibility index (Phi) is 3.52. The maximum atomic E-state index is 13.7. The van der Waals surface area contributed by atoms with Crippen LogP contribution in [0, 0.1) is 5.82 Å². The van der Waals surface area contributed by atoms with Gasteiger partial charge in [-0.3, -0.25) is 4.79 Å². The summed E-state index contributed by atoms with van der Waals surface area (Å²) >= 11 is 0. The van der Waals surface area contributed by atoms with E-state index in [1.807, 2.05) is 13.8 Å². The van der Waals surface area contributed by atoms with E-state index in [9.17, 15) is 14.3 Å². The summed E-state index contributed by atoms with van der Waals surface area (Å²) in [5.74, 6) is -1.44. The van der Waals surface area contributed by atoms with E-state index in [0.717, 1.165) is 0 Å². The predicted molar refractivity (Wildman–Crippen MR) is 66.0 cm³/mol. The van der Waals surface area contributed by atoms with Gasteiger partial charge in [0.25, 0.3) is 5.91 Å². The highest BCUT2D eigenvalue weighted by molar-refractivity contribution is 5.97. The number of rotatable bonds is 1. The molecule has 2 unspecified atom stereocenters. The molecule has 1 heterocycles. The molecule has 2 N–H and O–H groups in total.